The van der Waals surface area contributed by atoms with E-state index in [1.165, 1.54) is 44.8 Å². The number of anilines is 2. The third-order valence-electron chi connectivity index (χ3n) is 5.62. The Labute approximate surface area is 150 Å². The smallest absolute Gasteiger partial charge is 0.0414 e. The fraction of sp³-hybridized carbons (Fsp3) is 0.250. The van der Waals surface area contributed by atoms with E-state index in [1.54, 1.807) is 0 Å². The van der Waals surface area contributed by atoms with Gasteiger partial charge >= 0.3 is 0 Å². The highest BCUT2D eigenvalue weighted by molar-refractivity contribution is 5.84. The van der Waals surface area contributed by atoms with Crippen molar-refractivity contribution in [2.45, 2.75) is 33.1 Å². The molecule has 0 N–H and O–H groups in total. The zero-order valence-corrected chi connectivity index (χ0v) is 15.7. The molecule has 0 fully saturated rings. The predicted molar refractivity (Wildman–Crippen MR) is 108 cm³/mol. The first kappa shape index (κ1) is 16.0. The van der Waals surface area contributed by atoms with Crippen LogP contribution in [0.5, 0.6) is 0 Å². The van der Waals surface area contributed by atoms with Gasteiger partial charge < -0.3 is 4.90 Å². The van der Waals surface area contributed by atoms with Gasteiger partial charge in [-0.05, 0) is 60.4 Å². The molecule has 126 valence electrons. The van der Waals surface area contributed by atoms with E-state index in [-0.39, 0.29) is 5.41 Å². The molecule has 1 aliphatic carbocycles. The number of fused-ring (bicyclic) bond motifs is 3. The van der Waals surface area contributed by atoms with Crippen LogP contribution in [0, 0.1) is 13.8 Å². The summed E-state index contributed by atoms with van der Waals surface area (Å²) >= 11 is 0. The fourth-order valence-corrected chi connectivity index (χ4v) is 4.00. The fourth-order valence-electron chi connectivity index (χ4n) is 4.00. The monoisotopic (exact) mass is 327 g/mol. The Bertz CT molecular complexity index is 948. The molecule has 0 saturated heterocycles. The summed E-state index contributed by atoms with van der Waals surface area (Å²) in [6.07, 6.45) is 0. The summed E-state index contributed by atoms with van der Waals surface area (Å²) in [4.78, 5) is 2.26. The molecule has 0 spiro atoms. The minimum absolute atomic E-state index is 0.0688. The van der Waals surface area contributed by atoms with E-state index in [0.717, 1.165) is 0 Å². The first-order chi connectivity index (χ1) is 11.9. The van der Waals surface area contributed by atoms with Gasteiger partial charge in [-0.25, -0.2) is 0 Å². The van der Waals surface area contributed by atoms with Crippen LogP contribution in [0.15, 0.2) is 60.7 Å². The first-order valence-electron chi connectivity index (χ1n) is 8.94. The van der Waals surface area contributed by atoms with Crippen molar-refractivity contribution < 1.29 is 0 Å². The molecule has 0 aliphatic heterocycles. The van der Waals surface area contributed by atoms with Crippen LogP contribution in [0.1, 0.15) is 36.1 Å². The van der Waals surface area contributed by atoms with Gasteiger partial charge in [-0.15, -0.1) is 0 Å². The average molecular weight is 327 g/mol. The molecule has 25 heavy (non-hydrogen) atoms. The summed E-state index contributed by atoms with van der Waals surface area (Å²) in [7, 11) is 2.14. The number of rotatable bonds is 2. The molecule has 1 heteroatoms. The minimum Gasteiger partial charge on any atom is -0.345 e. The van der Waals surface area contributed by atoms with E-state index in [1.807, 2.05) is 0 Å². The predicted octanol–water partition coefficient (Wildman–Crippen LogP) is 6.38. The van der Waals surface area contributed by atoms with Gasteiger partial charge in [-0.2, -0.15) is 0 Å². The molecule has 1 nitrogen and oxygen atoms in total. The van der Waals surface area contributed by atoms with Crippen molar-refractivity contribution in [3.8, 4) is 11.1 Å². The van der Waals surface area contributed by atoms with Gasteiger partial charge in [0.2, 0.25) is 0 Å². The number of hydrogen-bond donors (Lipinski definition) is 0. The summed E-state index contributed by atoms with van der Waals surface area (Å²) < 4.78 is 0. The Balaban J connectivity index is 1.83. The van der Waals surface area contributed by atoms with Crippen LogP contribution in [0.2, 0.25) is 0 Å². The second-order valence-corrected chi connectivity index (χ2v) is 7.80. The lowest BCUT2D eigenvalue weighted by atomic mass is 9.82. The van der Waals surface area contributed by atoms with Crippen molar-refractivity contribution >= 4 is 11.4 Å². The van der Waals surface area contributed by atoms with Crippen LogP contribution < -0.4 is 4.90 Å². The molecule has 1 aliphatic rings. The maximum Gasteiger partial charge on any atom is 0.0414 e. The van der Waals surface area contributed by atoms with E-state index in [2.05, 4.69) is 100 Å². The van der Waals surface area contributed by atoms with Crippen molar-refractivity contribution in [3.63, 3.8) is 0 Å². The van der Waals surface area contributed by atoms with E-state index >= 15 is 0 Å². The molecule has 3 aromatic carbocycles. The van der Waals surface area contributed by atoms with Crippen LogP contribution in [0.3, 0.4) is 0 Å². The van der Waals surface area contributed by atoms with E-state index in [4.69, 9.17) is 0 Å². The Morgan fingerprint density at radius 2 is 1.16 bits per heavy atom. The van der Waals surface area contributed by atoms with Crippen LogP contribution in [0.4, 0.5) is 11.4 Å². The van der Waals surface area contributed by atoms with Crippen LogP contribution in [-0.4, -0.2) is 7.05 Å². The number of benzene rings is 3. The number of aryl methyl sites for hydroxylation is 2. The van der Waals surface area contributed by atoms with Gasteiger partial charge in [-0.3, -0.25) is 0 Å². The molecule has 0 atom stereocenters. The lowest BCUT2D eigenvalue weighted by Crippen LogP contribution is -2.15. The molecular weight excluding hydrogens is 302 g/mol. The SMILES string of the molecule is Cc1ccc(N(C)c2ccc3c(c2)-c2cc(C)ccc2C3(C)C)cc1. The summed E-state index contributed by atoms with van der Waals surface area (Å²) in [5, 5.41) is 0. The quantitative estimate of drug-likeness (QED) is 0.528. The minimum atomic E-state index is 0.0688. The second-order valence-electron chi connectivity index (χ2n) is 7.80. The van der Waals surface area contributed by atoms with E-state index < -0.39 is 0 Å². The Morgan fingerprint density at radius 3 is 1.84 bits per heavy atom. The molecule has 0 bridgehead atoms. The summed E-state index contributed by atoms with van der Waals surface area (Å²) in [6, 6.07) is 22.5. The zero-order valence-electron chi connectivity index (χ0n) is 15.7. The number of hydrogen-bond acceptors (Lipinski definition) is 1. The van der Waals surface area contributed by atoms with Crippen LogP contribution >= 0.6 is 0 Å². The van der Waals surface area contributed by atoms with Crippen molar-refractivity contribution in [1.82, 2.24) is 0 Å². The van der Waals surface area contributed by atoms with Crippen molar-refractivity contribution in [2.75, 3.05) is 11.9 Å². The summed E-state index contributed by atoms with van der Waals surface area (Å²) in [6.45, 7) is 8.96. The maximum atomic E-state index is 2.35. The van der Waals surface area contributed by atoms with E-state index in [0.29, 0.717) is 0 Å². The second kappa shape index (κ2) is 5.49. The Hall–Kier alpha value is -2.54. The van der Waals surface area contributed by atoms with Gasteiger partial charge in [0, 0.05) is 23.8 Å². The highest BCUT2D eigenvalue weighted by Crippen LogP contribution is 2.50. The molecule has 3 aromatic rings. The standard InChI is InChI=1S/C24H25N/c1-16-6-9-18(10-7-16)25(5)19-11-13-23-21(15-19)20-14-17(2)8-12-22(20)24(23,3)4/h6-15H,1-5H3. The van der Waals surface area contributed by atoms with Crippen molar-refractivity contribution in [3.05, 3.63) is 82.9 Å². The molecule has 0 aromatic heterocycles. The third kappa shape index (κ3) is 2.46. The van der Waals surface area contributed by atoms with Gasteiger partial charge in [0.15, 0.2) is 0 Å². The lowest BCUT2D eigenvalue weighted by Gasteiger charge is -2.23. The molecule has 0 heterocycles. The molecule has 0 radical (unpaired) electrons. The van der Waals surface area contributed by atoms with Gasteiger partial charge in [0.05, 0.1) is 0 Å². The molecular formula is C24H25N. The Morgan fingerprint density at radius 1 is 0.640 bits per heavy atom. The van der Waals surface area contributed by atoms with Gasteiger partial charge in [0.1, 0.15) is 0 Å². The first-order valence-corrected chi connectivity index (χ1v) is 8.94. The van der Waals surface area contributed by atoms with Crippen LogP contribution in [-0.2, 0) is 5.41 Å². The van der Waals surface area contributed by atoms with Crippen molar-refractivity contribution in [1.29, 1.82) is 0 Å². The topological polar surface area (TPSA) is 3.24 Å². The largest absolute Gasteiger partial charge is 0.345 e. The van der Waals surface area contributed by atoms with Gasteiger partial charge in [0.25, 0.3) is 0 Å². The van der Waals surface area contributed by atoms with E-state index in [9.17, 15) is 0 Å². The normalized spacial score (nSPS) is 14.1. The summed E-state index contributed by atoms with van der Waals surface area (Å²) in [5.41, 5.74) is 10.7. The number of nitrogens with zero attached hydrogens (tertiary/aromatic N) is 1. The average Bonchev–Trinajstić information content (AvgIpc) is 2.82. The Kier molecular flexibility index (Phi) is 3.50. The molecule has 4 rings (SSSR count). The zero-order chi connectivity index (χ0) is 17.8. The summed E-state index contributed by atoms with van der Waals surface area (Å²) in [5.74, 6) is 0. The van der Waals surface area contributed by atoms with Crippen LogP contribution in [0.25, 0.3) is 11.1 Å². The molecule has 0 unspecified atom stereocenters. The van der Waals surface area contributed by atoms with Crippen molar-refractivity contribution in [2.24, 2.45) is 0 Å². The highest BCUT2D eigenvalue weighted by atomic mass is 15.1. The lowest BCUT2D eigenvalue weighted by molar-refractivity contribution is 0.660. The third-order valence-corrected chi connectivity index (χ3v) is 5.62. The molecule has 0 saturated carbocycles. The maximum absolute atomic E-state index is 2.35. The highest BCUT2D eigenvalue weighted by Gasteiger charge is 2.35. The van der Waals surface area contributed by atoms with Gasteiger partial charge in [-0.1, -0.05) is 61.4 Å². The molecule has 0 amide bonds.